The van der Waals surface area contributed by atoms with Crippen LogP contribution in [0, 0.1) is 13.8 Å². The number of carbonyl (C=O) groups excluding carboxylic acids is 1. The number of carbonyl (C=O) groups is 1. The van der Waals surface area contributed by atoms with Gasteiger partial charge in [-0.05, 0) is 49.9 Å². The number of hydrogen-bond acceptors (Lipinski definition) is 3. The molecule has 0 aliphatic carbocycles. The van der Waals surface area contributed by atoms with Crippen LogP contribution in [0.1, 0.15) is 43.2 Å². The van der Waals surface area contributed by atoms with E-state index in [2.05, 4.69) is 0 Å². The van der Waals surface area contributed by atoms with Crippen LogP contribution < -0.4 is 10.2 Å². The van der Waals surface area contributed by atoms with Crippen LogP contribution in [0.5, 0.6) is 5.75 Å². The third kappa shape index (κ3) is 5.80. The van der Waals surface area contributed by atoms with Crippen LogP contribution in [-0.4, -0.2) is 17.7 Å². The molecule has 0 radical (unpaired) electrons. The molecule has 112 valence electrons. The van der Waals surface area contributed by atoms with Gasteiger partial charge in [0.2, 0.25) is 5.91 Å². The van der Waals surface area contributed by atoms with E-state index >= 15 is 0 Å². The number of ether oxygens (including phenoxy) is 1. The van der Waals surface area contributed by atoms with Crippen molar-refractivity contribution in [2.24, 2.45) is 0 Å². The molecule has 0 atom stereocenters. The highest BCUT2D eigenvalue weighted by Crippen LogP contribution is 2.25. The fourth-order valence-electron chi connectivity index (χ4n) is 1.98. The minimum Gasteiger partial charge on any atom is -0.494 e. The number of unbranched alkanes of at least 4 members (excludes halogenated alkanes) is 3. The van der Waals surface area contributed by atoms with Crippen molar-refractivity contribution < 1.29 is 14.7 Å². The smallest absolute Gasteiger partial charge is 0.243 e. The molecule has 4 nitrogen and oxygen atoms in total. The summed E-state index contributed by atoms with van der Waals surface area (Å²) in [7, 11) is 0. The molecule has 0 spiro atoms. The summed E-state index contributed by atoms with van der Waals surface area (Å²) < 4.78 is 5.69. The minimum absolute atomic E-state index is 0.326. The Hall–Kier alpha value is -1.26. The summed E-state index contributed by atoms with van der Waals surface area (Å²) >= 11 is 6.10. The summed E-state index contributed by atoms with van der Waals surface area (Å²) in [5.74, 6) is 0.525. The molecule has 5 heteroatoms. The normalized spacial score (nSPS) is 10.4. The second-order valence-electron chi connectivity index (χ2n) is 4.92. The lowest BCUT2D eigenvalue weighted by Crippen LogP contribution is -2.17. The Morgan fingerprint density at radius 1 is 1.20 bits per heavy atom. The Morgan fingerprint density at radius 3 is 2.40 bits per heavy atom. The molecule has 0 bridgehead atoms. The third-order valence-electron chi connectivity index (χ3n) is 3.10. The molecule has 0 unspecified atom stereocenters. The molecule has 0 fully saturated rings. The van der Waals surface area contributed by atoms with Crippen molar-refractivity contribution in [1.29, 1.82) is 0 Å². The molecule has 0 heterocycles. The number of hydrogen-bond donors (Lipinski definition) is 2. The Bertz CT molecular complexity index is 426. The van der Waals surface area contributed by atoms with E-state index in [-0.39, 0.29) is 5.91 Å². The minimum atomic E-state index is -0.326. The topological polar surface area (TPSA) is 58.6 Å². The number of amides is 1. The molecular weight excluding hydrogens is 278 g/mol. The van der Waals surface area contributed by atoms with Gasteiger partial charge in [-0.25, -0.2) is 5.48 Å². The number of halogens is 1. The Labute approximate surface area is 125 Å². The van der Waals surface area contributed by atoms with Gasteiger partial charge in [0.05, 0.1) is 6.61 Å². The molecule has 0 aliphatic rings. The molecule has 1 amide bonds. The van der Waals surface area contributed by atoms with Crippen LogP contribution >= 0.6 is 11.6 Å². The lowest BCUT2D eigenvalue weighted by molar-refractivity contribution is -0.129. The van der Waals surface area contributed by atoms with E-state index in [0.717, 1.165) is 47.6 Å². The molecule has 1 rings (SSSR count). The zero-order chi connectivity index (χ0) is 15.0. The molecule has 0 saturated heterocycles. The predicted octanol–water partition coefficient (Wildman–Crippen LogP) is 3.79. The summed E-state index contributed by atoms with van der Waals surface area (Å²) in [6.07, 6.45) is 4.06. The highest BCUT2D eigenvalue weighted by atomic mass is 35.5. The average Bonchev–Trinajstić information content (AvgIpc) is 2.43. The molecule has 0 saturated carbocycles. The van der Waals surface area contributed by atoms with Gasteiger partial charge in [0, 0.05) is 11.4 Å². The first kappa shape index (κ1) is 16.8. The maximum Gasteiger partial charge on any atom is 0.243 e. The summed E-state index contributed by atoms with van der Waals surface area (Å²) in [6.45, 7) is 4.59. The monoisotopic (exact) mass is 299 g/mol. The van der Waals surface area contributed by atoms with Gasteiger partial charge >= 0.3 is 0 Å². The molecule has 0 aliphatic heterocycles. The van der Waals surface area contributed by atoms with E-state index in [1.54, 1.807) is 5.48 Å². The first-order valence-corrected chi connectivity index (χ1v) is 7.25. The molecular formula is C15H22ClNO3. The number of hydroxylamine groups is 1. The van der Waals surface area contributed by atoms with Crippen molar-refractivity contribution in [1.82, 2.24) is 5.48 Å². The van der Waals surface area contributed by atoms with E-state index in [0.29, 0.717) is 13.0 Å². The number of benzene rings is 1. The summed E-state index contributed by atoms with van der Waals surface area (Å²) in [4.78, 5) is 10.8. The van der Waals surface area contributed by atoms with Crippen molar-refractivity contribution in [3.63, 3.8) is 0 Å². The first-order chi connectivity index (χ1) is 9.54. The van der Waals surface area contributed by atoms with Crippen molar-refractivity contribution in [3.05, 3.63) is 28.3 Å². The predicted molar refractivity (Wildman–Crippen MR) is 79.4 cm³/mol. The van der Waals surface area contributed by atoms with Crippen molar-refractivity contribution in [3.8, 4) is 5.75 Å². The van der Waals surface area contributed by atoms with Gasteiger partial charge in [0.25, 0.3) is 0 Å². The van der Waals surface area contributed by atoms with Gasteiger partial charge in [0.15, 0.2) is 0 Å². The van der Waals surface area contributed by atoms with Crippen LogP contribution in [0.3, 0.4) is 0 Å². The van der Waals surface area contributed by atoms with Gasteiger partial charge in [-0.1, -0.05) is 24.4 Å². The van der Waals surface area contributed by atoms with Gasteiger partial charge in [0.1, 0.15) is 5.75 Å². The Kier molecular flexibility index (Phi) is 7.41. The average molecular weight is 300 g/mol. The fourth-order valence-corrected chi connectivity index (χ4v) is 2.09. The van der Waals surface area contributed by atoms with E-state index < -0.39 is 0 Å². The van der Waals surface area contributed by atoms with Crippen molar-refractivity contribution in [2.75, 3.05) is 6.61 Å². The maximum absolute atomic E-state index is 10.8. The van der Waals surface area contributed by atoms with Crippen LogP contribution in [0.2, 0.25) is 5.02 Å². The number of rotatable bonds is 8. The SMILES string of the molecule is Cc1cc(OCCCCCCC(=O)NO)cc(C)c1Cl. The highest BCUT2D eigenvalue weighted by Gasteiger charge is 2.03. The summed E-state index contributed by atoms with van der Waals surface area (Å²) in [6, 6.07) is 3.89. The standard InChI is InChI=1S/C15H22ClNO3/c1-11-9-13(10-12(2)15(11)16)20-8-6-4-3-5-7-14(18)17-19/h9-10,19H,3-8H2,1-2H3,(H,17,18). The molecule has 0 aromatic heterocycles. The van der Waals surface area contributed by atoms with Gasteiger partial charge in [-0.2, -0.15) is 0 Å². The summed E-state index contributed by atoms with van der Waals surface area (Å²) in [5.41, 5.74) is 3.68. The zero-order valence-corrected chi connectivity index (χ0v) is 12.8. The number of nitrogens with one attached hydrogen (secondary N) is 1. The van der Waals surface area contributed by atoms with E-state index in [1.165, 1.54) is 0 Å². The van der Waals surface area contributed by atoms with Gasteiger partial charge in [-0.15, -0.1) is 0 Å². The van der Waals surface area contributed by atoms with E-state index in [4.69, 9.17) is 21.5 Å². The lowest BCUT2D eigenvalue weighted by Gasteiger charge is -2.10. The van der Waals surface area contributed by atoms with Gasteiger partial charge in [-0.3, -0.25) is 10.0 Å². The van der Waals surface area contributed by atoms with Crippen LogP contribution in [0.15, 0.2) is 12.1 Å². The zero-order valence-electron chi connectivity index (χ0n) is 12.0. The quantitative estimate of drug-likeness (QED) is 0.436. The van der Waals surface area contributed by atoms with Crippen molar-refractivity contribution in [2.45, 2.75) is 46.0 Å². The fraction of sp³-hybridized carbons (Fsp3) is 0.533. The van der Waals surface area contributed by atoms with Crippen molar-refractivity contribution >= 4 is 17.5 Å². The maximum atomic E-state index is 10.8. The first-order valence-electron chi connectivity index (χ1n) is 6.87. The van der Waals surface area contributed by atoms with Gasteiger partial charge < -0.3 is 4.74 Å². The molecule has 20 heavy (non-hydrogen) atoms. The second-order valence-corrected chi connectivity index (χ2v) is 5.30. The second kappa shape index (κ2) is 8.82. The molecule has 1 aromatic rings. The summed E-state index contributed by atoms with van der Waals surface area (Å²) in [5, 5.41) is 9.13. The largest absolute Gasteiger partial charge is 0.494 e. The number of aryl methyl sites for hydroxylation is 2. The lowest BCUT2D eigenvalue weighted by atomic mass is 10.1. The molecule has 2 N–H and O–H groups in total. The van der Waals surface area contributed by atoms with Crippen LogP contribution in [-0.2, 0) is 4.79 Å². The third-order valence-corrected chi connectivity index (χ3v) is 3.70. The van der Waals surface area contributed by atoms with E-state index in [1.807, 2.05) is 26.0 Å². The highest BCUT2D eigenvalue weighted by molar-refractivity contribution is 6.32. The Balaban J connectivity index is 2.17. The van der Waals surface area contributed by atoms with Crippen LogP contribution in [0.25, 0.3) is 0 Å². The van der Waals surface area contributed by atoms with E-state index in [9.17, 15) is 4.79 Å². The molecule has 1 aromatic carbocycles. The van der Waals surface area contributed by atoms with Crippen LogP contribution in [0.4, 0.5) is 0 Å². The Morgan fingerprint density at radius 2 is 1.80 bits per heavy atom.